The molecule has 1 aliphatic heterocycles. The number of rotatable bonds is 2. The van der Waals surface area contributed by atoms with Gasteiger partial charge in [-0.15, -0.1) is 0 Å². The number of hydrogen-bond acceptors (Lipinski definition) is 2. The van der Waals surface area contributed by atoms with E-state index in [9.17, 15) is 4.79 Å². The Morgan fingerprint density at radius 2 is 2.55 bits per heavy atom. The molecule has 1 fully saturated rings. The molecular formula is C9H12O2. The Labute approximate surface area is 66.5 Å². The fourth-order valence-electron chi connectivity index (χ4n) is 1.10. The van der Waals surface area contributed by atoms with Gasteiger partial charge in [0.25, 0.3) is 0 Å². The van der Waals surface area contributed by atoms with E-state index in [0.717, 1.165) is 18.6 Å². The molecule has 1 rings (SSSR count). The van der Waals surface area contributed by atoms with E-state index < -0.39 is 0 Å². The fraction of sp³-hybridized carbons (Fsp3) is 0.444. The quantitative estimate of drug-likeness (QED) is 0.445. The molecule has 0 aromatic heterocycles. The van der Waals surface area contributed by atoms with E-state index in [-0.39, 0.29) is 11.9 Å². The highest BCUT2D eigenvalue weighted by molar-refractivity contribution is 5.87. The Hall–Kier alpha value is -1.05. The molecule has 11 heavy (non-hydrogen) atoms. The molecule has 0 saturated carbocycles. The number of ether oxygens (including phenoxy) is 1. The molecule has 60 valence electrons. The number of carbonyl (C=O) groups is 1. The third kappa shape index (κ3) is 2.22. The van der Waals surface area contributed by atoms with Crippen molar-refractivity contribution in [1.82, 2.24) is 0 Å². The Morgan fingerprint density at radius 3 is 3.00 bits per heavy atom. The van der Waals surface area contributed by atoms with Crippen molar-refractivity contribution < 1.29 is 9.53 Å². The summed E-state index contributed by atoms with van der Waals surface area (Å²) in [5, 5.41) is 0. The van der Waals surface area contributed by atoms with Gasteiger partial charge in [0.1, 0.15) is 11.9 Å². The molecule has 1 saturated heterocycles. The van der Waals surface area contributed by atoms with Crippen molar-refractivity contribution in [3.63, 3.8) is 0 Å². The van der Waals surface area contributed by atoms with Crippen LogP contribution in [-0.2, 0) is 9.53 Å². The van der Waals surface area contributed by atoms with Gasteiger partial charge in [0.15, 0.2) is 5.78 Å². The highest BCUT2D eigenvalue weighted by Crippen LogP contribution is 2.23. The second kappa shape index (κ2) is 3.37. The number of hydrogen-bond donors (Lipinski definition) is 0. The zero-order valence-electron chi connectivity index (χ0n) is 6.67. The minimum Gasteiger partial charge on any atom is -0.491 e. The van der Waals surface area contributed by atoms with Crippen LogP contribution in [0.2, 0.25) is 0 Å². The third-order valence-corrected chi connectivity index (χ3v) is 1.61. The number of ketones is 1. The van der Waals surface area contributed by atoms with E-state index in [1.807, 2.05) is 0 Å². The van der Waals surface area contributed by atoms with Gasteiger partial charge in [-0.2, -0.15) is 0 Å². The van der Waals surface area contributed by atoms with Crippen LogP contribution in [0.25, 0.3) is 0 Å². The third-order valence-electron chi connectivity index (χ3n) is 1.61. The van der Waals surface area contributed by atoms with Crippen molar-refractivity contribution in [2.45, 2.75) is 25.9 Å². The molecule has 1 heterocycles. The lowest BCUT2D eigenvalue weighted by Crippen LogP contribution is -1.97. The van der Waals surface area contributed by atoms with E-state index in [4.69, 9.17) is 4.74 Å². The van der Waals surface area contributed by atoms with Crippen LogP contribution in [0.3, 0.4) is 0 Å². The summed E-state index contributed by atoms with van der Waals surface area (Å²) in [7, 11) is 0. The van der Waals surface area contributed by atoms with Crippen LogP contribution in [0.15, 0.2) is 24.5 Å². The van der Waals surface area contributed by atoms with Crippen LogP contribution in [0, 0.1) is 0 Å². The molecule has 1 atom stereocenters. The zero-order chi connectivity index (χ0) is 8.27. The van der Waals surface area contributed by atoms with Crippen LogP contribution in [0.5, 0.6) is 0 Å². The Bertz CT molecular complexity index is 204. The molecule has 0 bridgehead atoms. The maximum atomic E-state index is 10.6. The molecule has 0 aromatic rings. The van der Waals surface area contributed by atoms with E-state index in [1.165, 1.54) is 6.92 Å². The number of carbonyl (C=O) groups excluding carboxylic acids is 1. The number of allylic oxidation sites excluding steroid dienone is 2. The summed E-state index contributed by atoms with van der Waals surface area (Å²) in [5.74, 6) is 0.840. The van der Waals surface area contributed by atoms with Crippen molar-refractivity contribution in [1.29, 1.82) is 0 Å². The summed E-state index contributed by atoms with van der Waals surface area (Å²) in [5.41, 5.74) is 0. The Balaban J connectivity index is 2.53. The zero-order valence-corrected chi connectivity index (χ0v) is 6.67. The van der Waals surface area contributed by atoms with Gasteiger partial charge in [-0.25, -0.2) is 0 Å². The molecule has 2 nitrogen and oxygen atoms in total. The van der Waals surface area contributed by atoms with Gasteiger partial charge in [-0.05, 0) is 13.3 Å². The van der Waals surface area contributed by atoms with Crippen molar-refractivity contribution in [3.05, 3.63) is 24.5 Å². The molecule has 0 aliphatic carbocycles. The Kier molecular flexibility index (Phi) is 2.47. The second-order valence-electron chi connectivity index (χ2n) is 2.65. The maximum Gasteiger partial charge on any atom is 0.155 e. The average molecular weight is 152 g/mol. The molecule has 1 aliphatic rings. The first kappa shape index (κ1) is 8.05. The van der Waals surface area contributed by atoms with Crippen LogP contribution >= 0.6 is 0 Å². The lowest BCUT2D eigenvalue weighted by Gasteiger charge is -2.02. The average Bonchev–Trinajstić information content (AvgIpc) is 2.34. The van der Waals surface area contributed by atoms with Gasteiger partial charge in [-0.1, -0.05) is 12.7 Å². The molecule has 0 N–H and O–H groups in total. The van der Waals surface area contributed by atoms with Crippen LogP contribution in [0.4, 0.5) is 0 Å². The van der Waals surface area contributed by atoms with Crippen LogP contribution < -0.4 is 0 Å². The molecule has 0 amide bonds. The molecule has 0 aromatic carbocycles. The normalized spacial score (nSPS) is 26.6. The summed E-state index contributed by atoms with van der Waals surface area (Å²) in [6, 6.07) is 0. The Morgan fingerprint density at radius 1 is 1.82 bits per heavy atom. The first-order valence-corrected chi connectivity index (χ1v) is 3.72. The summed E-state index contributed by atoms with van der Waals surface area (Å²) in [6.45, 7) is 5.14. The second-order valence-corrected chi connectivity index (χ2v) is 2.65. The predicted molar refractivity (Wildman–Crippen MR) is 43.1 cm³/mol. The minimum atomic E-state index is 0.0460. The van der Waals surface area contributed by atoms with E-state index in [2.05, 4.69) is 6.58 Å². The molecular weight excluding hydrogens is 140 g/mol. The first-order chi connectivity index (χ1) is 5.22. The van der Waals surface area contributed by atoms with E-state index in [1.54, 1.807) is 12.2 Å². The largest absolute Gasteiger partial charge is 0.491 e. The monoisotopic (exact) mass is 152 g/mol. The lowest BCUT2D eigenvalue weighted by molar-refractivity contribution is -0.112. The highest BCUT2D eigenvalue weighted by Gasteiger charge is 2.17. The smallest absolute Gasteiger partial charge is 0.155 e. The summed E-state index contributed by atoms with van der Waals surface area (Å²) < 4.78 is 5.34. The van der Waals surface area contributed by atoms with Gasteiger partial charge >= 0.3 is 0 Å². The molecule has 0 radical (unpaired) electrons. The highest BCUT2D eigenvalue weighted by atomic mass is 16.5. The minimum absolute atomic E-state index is 0.0460. The lowest BCUT2D eigenvalue weighted by atomic mass is 10.2. The van der Waals surface area contributed by atoms with Crippen molar-refractivity contribution in [2.75, 3.05) is 0 Å². The predicted octanol–water partition coefficient (Wildman–Crippen LogP) is 1.82. The summed E-state index contributed by atoms with van der Waals surface area (Å²) >= 11 is 0. The standard InChI is InChI=1S/C9H12O2/c1-3-8-4-5-9(11-8)6-7(2)10/h3,6,8H,1,4-5H2,2H3/b9-6-. The molecule has 1 unspecified atom stereocenters. The van der Waals surface area contributed by atoms with Gasteiger partial charge in [0.05, 0.1) is 0 Å². The molecule has 0 spiro atoms. The topological polar surface area (TPSA) is 26.3 Å². The van der Waals surface area contributed by atoms with Gasteiger partial charge < -0.3 is 4.74 Å². The van der Waals surface area contributed by atoms with Crippen molar-refractivity contribution in [3.8, 4) is 0 Å². The van der Waals surface area contributed by atoms with Gasteiger partial charge in [0, 0.05) is 12.5 Å². The fourth-order valence-corrected chi connectivity index (χ4v) is 1.10. The van der Waals surface area contributed by atoms with Crippen molar-refractivity contribution >= 4 is 5.78 Å². The van der Waals surface area contributed by atoms with E-state index in [0.29, 0.717) is 0 Å². The summed E-state index contributed by atoms with van der Waals surface area (Å²) in [6.07, 6.45) is 5.23. The van der Waals surface area contributed by atoms with Gasteiger partial charge in [-0.3, -0.25) is 4.79 Å². The summed E-state index contributed by atoms with van der Waals surface area (Å²) in [4.78, 5) is 10.6. The first-order valence-electron chi connectivity index (χ1n) is 3.72. The van der Waals surface area contributed by atoms with Crippen molar-refractivity contribution in [2.24, 2.45) is 0 Å². The van der Waals surface area contributed by atoms with E-state index >= 15 is 0 Å². The SMILES string of the molecule is C=CC1CC/C(=C/C(C)=O)O1. The molecule has 2 heteroatoms. The van der Waals surface area contributed by atoms with Gasteiger partial charge in [0.2, 0.25) is 0 Å². The van der Waals surface area contributed by atoms with Crippen LogP contribution in [0.1, 0.15) is 19.8 Å². The maximum absolute atomic E-state index is 10.6. The van der Waals surface area contributed by atoms with Crippen LogP contribution in [-0.4, -0.2) is 11.9 Å².